The molecule has 3 aliphatic rings. The van der Waals surface area contributed by atoms with Gasteiger partial charge in [-0.2, -0.15) is 4.98 Å². The molecule has 2 aromatic heterocycles. The molecule has 2 aliphatic heterocycles. The van der Waals surface area contributed by atoms with Crippen LogP contribution in [0.25, 0.3) is 11.2 Å². The molecule has 1 saturated carbocycles. The maximum Gasteiger partial charge on any atom is 0.253 e. The quantitative estimate of drug-likeness (QED) is 0.522. The van der Waals surface area contributed by atoms with E-state index >= 15 is 0 Å². The molecule has 198 valence electrons. The van der Waals surface area contributed by atoms with Crippen LogP contribution in [0.4, 0.5) is 11.6 Å². The van der Waals surface area contributed by atoms with Gasteiger partial charge in [-0.3, -0.25) is 9.59 Å². The Balaban J connectivity index is 1.14. The molecule has 2 N–H and O–H groups in total. The van der Waals surface area contributed by atoms with Gasteiger partial charge >= 0.3 is 0 Å². The van der Waals surface area contributed by atoms with E-state index in [4.69, 9.17) is 4.98 Å². The van der Waals surface area contributed by atoms with Crippen LogP contribution in [-0.2, 0) is 4.79 Å². The number of aromatic nitrogens is 3. The molecule has 0 atom stereocenters. The number of hydrogen-bond acceptors (Lipinski definition) is 6. The molecular formula is C29H35N7O2. The second-order valence-corrected chi connectivity index (χ2v) is 10.6. The summed E-state index contributed by atoms with van der Waals surface area (Å²) >= 11 is 0. The molecule has 1 aromatic carbocycles. The zero-order chi connectivity index (χ0) is 26.1. The summed E-state index contributed by atoms with van der Waals surface area (Å²) in [7, 11) is 1.90. The first-order chi connectivity index (χ1) is 18.6. The van der Waals surface area contributed by atoms with Gasteiger partial charge in [-0.1, -0.05) is 12.5 Å². The number of anilines is 2. The van der Waals surface area contributed by atoms with Crippen molar-refractivity contribution in [1.29, 1.82) is 0 Å². The Labute approximate surface area is 222 Å². The highest BCUT2D eigenvalue weighted by Gasteiger charge is 2.30. The van der Waals surface area contributed by atoms with Crippen molar-refractivity contribution in [3.05, 3.63) is 59.8 Å². The maximum absolute atomic E-state index is 13.0. The number of nitrogens with one attached hydrogen (secondary N) is 2. The molecule has 2 amide bonds. The fourth-order valence-electron chi connectivity index (χ4n) is 5.63. The van der Waals surface area contributed by atoms with Gasteiger partial charge in [0.05, 0.1) is 0 Å². The number of carbonyl (C=O) groups excluding carboxylic acids is 2. The standard InChI is InChI=1S/C29H35N7O2/c1-34(24-11-15-30-16-12-24)27(37)22-7-9-23(10-8-22)31-29-32-26-25(6-3-17-36(26)33-29)20-13-18-35(19-14-20)28(38)21-4-2-5-21/h3,6-10,13,17,21,24,30H,2,4-5,11-12,14-16,18-19H2,1H3,(H,31,33). The second kappa shape index (κ2) is 10.6. The van der Waals surface area contributed by atoms with Gasteiger partial charge in [0.25, 0.3) is 5.91 Å². The van der Waals surface area contributed by atoms with Gasteiger partial charge in [-0.15, -0.1) is 5.10 Å². The maximum atomic E-state index is 13.0. The minimum Gasteiger partial charge on any atom is -0.339 e. The SMILES string of the molecule is CN(C(=O)c1ccc(Nc2nc3c(C4=CCN(C(=O)C5CCC5)CC4)cccn3n2)cc1)C1CCNCC1. The highest BCUT2D eigenvalue weighted by molar-refractivity contribution is 5.94. The Morgan fingerprint density at radius 3 is 2.55 bits per heavy atom. The van der Waals surface area contributed by atoms with Crippen molar-refractivity contribution in [3.63, 3.8) is 0 Å². The normalized spacial score (nSPS) is 18.7. The summed E-state index contributed by atoms with van der Waals surface area (Å²) in [4.78, 5) is 34.2. The molecule has 0 spiro atoms. The van der Waals surface area contributed by atoms with E-state index in [2.05, 4.69) is 27.9 Å². The number of amides is 2. The Morgan fingerprint density at radius 1 is 1.08 bits per heavy atom. The van der Waals surface area contributed by atoms with Gasteiger partial charge in [0.2, 0.25) is 11.9 Å². The first-order valence-electron chi connectivity index (χ1n) is 13.8. The van der Waals surface area contributed by atoms with Crippen LogP contribution < -0.4 is 10.6 Å². The lowest BCUT2D eigenvalue weighted by Gasteiger charge is -2.33. The van der Waals surface area contributed by atoms with E-state index < -0.39 is 0 Å². The Kier molecular flexibility index (Phi) is 6.84. The molecule has 0 unspecified atom stereocenters. The van der Waals surface area contributed by atoms with Crippen molar-refractivity contribution in [2.45, 2.75) is 44.6 Å². The average molecular weight is 514 g/mol. The first kappa shape index (κ1) is 24.6. The van der Waals surface area contributed by atoms with Gasteiger partial charge in [-0.25, -0.2) is 4.52 Å². The van der Waals surface area contributed by atoms with Gasteiger partial charge in [0.15, 0.2) is 5.65 Å². The summed E-state index contributed by atoms with van der Waals surface area (Å²) in [6.45, 7) is 3.31. The lowest BCUT2D eigenvalue weighted by molar-refractivity contribution is -0.137. The van der Waals surface area contributed by atoms with Crippen LogP contribution in [-0.4, -0.2) is 75.5 Å². The van der Waals surface area contributed by atoms with E-state index in [0.29, 0.717) is 24.0 Å². The lowest BCUT2D eigenvalue weighted by atomic mass is 9.84. The largest absolute Gasteiger partial charge is 0.339 e. The molecule has 2 fully saturated rings. The third-order valence-corrected chi connectivity index (χ3v) is 8.25. The summed E-state index contributed by atoms with van der Waals surface area (Å²) in [6, 6.07) is 11.8. The molecule has 9 heteroatoms. The fraction of sp³-hybridized carbons (Fsp3) is 0.448. The molecule has 38 heavy (non-hydrogen) atoms. The Bertz CT molecular complexity index is 1350. The molecule has 1 aliphatic carbocycles. The number of fused-ring (bicyclic) bond motifs is 1. The van der Waals surface area contributed by atoms with Crippen LogP contribution >= 0.6 is 0 Å². The molecule has 1 saturated heterocycles. The van der Waals surface area contributed by atoms with E-state index in [1.165, 1.54) is 12.0 Å². The molecule has 6 rings (SSSR count). The van der Waals surface area contributed by atoms with Crippen LogP contribution in [0.15, 0.2) is 48.7 Å². The number of benzene rings is 1. The number of hydrogen-bond donors (Lipinski definition) is 2. The fourth-order valence-corrected chi connectivity index (χ4v) is 5.63. The van der Waals surface area contributed by atoms with Crippen LogP contribution in [0.2, 0.25) is 0 Å². The van der Waals surface area contributed by atoms with Crippen molar-refractivity contribution in [2.75, 3.05) is 38.5 Å². The predicted molar refractivity (Wildman–Crippen MR) is 147 cm³/mol. The van der Waals surface area contributed by atoms with Crippen molar-refractivity contribution in [3.8, 4) is 0 Å². The monoisotopic (exact) mass is 513 g/mol. The van der Waals surface area contributed by atoms with E-state index in [-0.39, 0.29) is 17.9 Å². The summed E-state index contributed by atoms with van der Waals surface area (Å²) < 4.78 is 1.79. The molecule has 0 radical (unpaired) electrons. The van der Waals surface area contributed by atoms with Crippen LogP contribution in [0.1, 0.15) is 54.4 Å². The average Bonchev–Trinajstić information content (AvgIpc) is 3.35. The third kappa shape index (κ3) is 4.90. The summed E-state index contributed by atoms with van der Waals surface area (Å²) in [6.07, 6.45) is 10.1. The molecular weight excluding hydrogens is 478 g/mol. The zero-order valence-electron chi connectivity index (χ0n) is 21.9. The predicted octanol–water partition coefficient (Wildman–Crippen LogP) is 3.71. The van der Waals surface area contributed by atoms with Gasteiger partial charge in [0, 0.05) is 55.1 Å². The molecule has 9 nitrogen and oxygen atoms in total. The second-order valence-electron chi connectivity index (χ2n) is 10.6. The topological polar surface area (TPSA) is 94.9 Å². The summed E-state index contributed by atoms with van der Waals surface area (Å²) in [5.41, 5.74) is 4.54. The van der Waals surface area contributed by atoms with Gasteiger partial charge < -0.3 is 20.4 Å². The number of rotatable bonds is 6. The van der Waals surface area contributed by atoms with Gasteiger partial charge in [-0.05, 0) is 87.2 Å². The third-order valence-electron chi connectivity index (χ3n) is 8.25. The highest BCUT2D eigenvalue weighted by atomic mass is 16.2. The van der Waals surface area contributed by atoms with Crippen molar-refractivity contribution < 1.29 is 9.59 Å². The van der Waals surface area contributed by atoms with Crippen LogP contribution in [0, 0.1) is 5.92 Å². The van der Waals surface area contributed by atoms with Gasteiger partial charge in [0.1, 0.15) is 0 Å². The van der Waals surface area contributed by atoms with Crippen molar-refractivity contribution in [1.82, 2.24) is 29.7 Å². The van der Waals surface area contributed by atoms with E-state index in [1.807, 2.05) is 53.4 Å². The van der Waals surface area contributed by atoms with E-state index in [1.54, 1.807) is 4.52 Å². The van der Waals surface area contributed by atoms with E-state index in [0.717, 1.165) is 68.6 Å². The van der Waals surface area contributed by atoms with Crippen LogP contribution in [0.5, 0.6) is 0 Å². The molecule has 4 heterocycles. The Morgan fingerprint density at radius 2 is 1.87 bits per heavy atom. The Hall–Kier alpha value is -3.72. The minimum atomic E-state index is 0.0488. The summed E-state index contributed by atoms with van der Waals surface area (Å²) in [5.74, 6) is 1.10. The van der Waals surface area contributed by atoms with Crippen molar-refractivity contribution >= 4 is 34.7 Å². The van der Waals surface area contributed by atoms with Crippen LogP contribution in [0.3, 0.4) is 0 Å². The smallest absolute Gasteiger partial charge is 0.253 e. The first-order valence-corrected chi connectivity index (χ1v) is 13.8. The van der Waals surface area contributed by atoms with E-state index in [9.17, 15) is 9.59 Å². The highest BCUT2D eigenvalue weighted by Crippen LogP contribution is 2.31. The number of nitrogens with zero attached hydrogens (tertiary/aromatic N) is 5. The minimum absolute atomic E-state index is 0.0488. The zero-order valence-corrected chi connectivity index (χ0v) is 21.9. The lowest BCUT2D eigenvalue weighted by Crippen LogP contribution is -2.43. The number of piperidine rings is 1. The summed E-state index contributed by atoms with van der Waals surface area (Å²) in [5, 5.41) is 11.2. The number of pyridine rings is 1. The molecule has 3 aromatic rings. The molecule has 0 bridgehead atoms. The van der Waals surface area contributed by atoms with Crippen molar-refractivity contribution in [2.24, 2.45) is 5.92 Å². The number of carbonyl (C=O) groups is 2.